The number of hydrogen-bond acceptors (Lipinski definition) is 5. The van der Waals surface area contributed by atoms with Crippen LogP contribution in [0, 0.1) is 0 Å². The third kappa shape index (κ3) is 2.90. The van der Waals surface area contributed by atoms with Gasteiger partial charge in [0.2, 0.25) is 0 Å². The lowest BCUT2D eigenvalue weighted by molar-refractivity contribution is -0.136. The van der Waals surface area contributed by atoms with Crippen LogP contribution in [-0.2, 0) is 16.5 Å². The molecular weight excluding hydrogens is 302 g/mol. The molecule has 6 nitrogen and oxygen atoms in total. The summed E-state index contributed by atoms with van der Waals surface area (Å²) in [5, 5.41) is 7.09. The highest BCUT2D eigenvalue weighted by atomic mass is 79.9. The van der Waals surface area contributed by atoms with E-state index in [0.717, 1.165) is 0 Å². The van der Waals surface area contributed by atoms with Crippen molar-refractivity contribution in [2.45, 2.75) is 25.7 Å². The molecule has 1 aromatic rings. The fourth-order valence-electron chi connectivity index (χ4n) is 1.72. The van der Waals surface area contributed by atoms with Gasteiger partial charge in [0.25, 0.3) is 5.56 Å². The molecule has 1 N–H and O–H groups in total. The van der Waals surface area contributed by atoms with Gasteiger partial charge in [0.15, 0.2) is 5.79 Å². The summed E-state index contributed by atoms with van der Waals surface area (Å²) in [6, 6.07) is 0. The van der Waals surface area contributed by atoms with Gasteiger partial charge in [0.05, 0.1) is 18.5 Å². The number of nitrogens with zero attached hydrogens (tertiary/aromatic N) is 2. The van der Waals surface area contributed by atoms with Crippen LogP contribution in [0.5, 0.6) is 0 Å². The van der Waals surface area contributed by atoms with E-state index in [1.807, 2.05) is 13.8 Å². The van der Waals surface area contributed by atoms with Gasteiger partial charge in [0, 0.05) is 13.6 Å². The van der Waals surface area contributed by atoms with E-state index in [1.165, 1.54) is 4.68 Å². The molecule has 1 aliphatic heterocycles. The first kappa shape index (κ1) is 13.5. The highest BCUT2D eigenvalue weighted by Gasteiger charge is 2.32. The van der Waals surface area contributed by atoms with Gasteiger partial charge in [-0.25, -0.2) is 4.68 Å². The minimum absolute atomic E-state index is 0.0315. The summed E-state index contributed by atoms with van der Waals surface area (Å²) >= 11 is 3.26. The Kier molecular flexibility index (Phi) is 3.74. The summed E-state index contributed by atoms with van der Waals surface area (Å²) in [5.74, 6) is -0.533. The molecule has 7 heteroatoms. The molecule has 0 bridgehead atoms. The molecule has 0 aliphatic carbocycles. The lowest BCUT2D eigenvalue weighted by Crippen LogP contribution is -2.27. The molecule has 0 spiro atoms. The van der Waals surface area contributed by atoms with Crippen molar-refractivity contribution in [1.82, 2.24) is 9.78 Å². The Morgan fingerprint density at radius 3 is 3.00 bits per heavy atom. The highest BCUT2D eigenvalue weighted by Crippen LogP contribution is 2.23. The summed E-state index contributed by atoms with van der Waals surface area (Å²) in [7, 11) is 1.60. The Balaban J connectivity index is 1.99. The predicted octanol–water partition coefficient (Wildman–Crippen LogP) is 1.11. The largest absolute Gasteiger partial charge is 0.380 e. The third-order valence-corrected chi connectivity index (χ3v) is 3.43. The summed E-state index contributed by atoms with van der Waals surface area (Å²) in [6.45, 7) is 4.86. The van der Waals surface area contributed by atoms with Crippen molar-refractivity contribution in [3.63, 3.8) is 0 Å². The lowest BCUT2D eigenvalue weighted by Gasteiger charge is -2.17. The molecule has 0 amide bonds. The Labute approximate surface area is 113 Å². The molecule has 0 aromatic carbocycles. The first-order valence-corrected chi connectivity index (χ1v) is 6.46. The Morgan fingerprint density at radius 2 is 2.39 bits per heavy atom. The maximum atomic E-state index is 11.6. The van der Waals surface area contributed by atoms with Gasteiger partial charge < -0.3 is 14.8 Å². The summed E-state index contributed by atoms with van der Waals surface area (Å²) in [6.07, 6.45) is 1.57. The first-order valence-electron chi connectivity index (χ1n) is 5.66. The standard InChI is InChI=1S/C11H16BrN3O3/c1-11(2)17-6-7(18-11)4-13-8-5-14-15(3)10(16)9(8)12/h5,7,13H,4,6H2,1-3H3. The number of ether oxygens (including phenoxy) is 2. The van der Waals surface area contributed by atoms with Crippen LogP contribution >= 0.6 is 15.9 Å². The molecule has 0 radical (unpaired) electrons. The quantitative estimate of drug-likeness (QED) is 0.904. The predicted molar refractivity (Wildman–Crippen MR) is 70.6 cm³/mol. The Morgan fingerprint density at radius 1 is 1.67 bits per heavy atom. The number of nitrogens with one attached hydrogen (secondary N) is 1. The molecule has 0 saturated carbocycles. The summed E-state index contributed by atoms with van der Waals surface area (Å²) in [4.78, 5) is 11.6. The van der Waals surface area contributed by atoms with Crippen LogP contribution in [0.1, 0.15) is 13.8 Å². The van der Waals surface area contributed by atoms with Crippen LogP contribution < -0.4 is 10.9 Å². The minimum Gasteiger partial charge on any atom is -0.380 e. The van der Waals surface area contributed by atoms with E-state index >= 15 is 0 Å². The number of aromatic nitrogens is 2. The zero-order valence-electron chi connectivity index (χ0n) is 10.6. The van der Waals surface area contributed by atoms with Crippen molar-refractivity contribution in [3.05, 3.63) is 21.0 Å². The van der Waals surface area contributed by atoms with E-state index in [0.29, 0.717) is 23.3 Å². The third-order valence-electron chi connectivity index (χ3n) is 2.67. The summed E-state index contributed by atoms with van der Waals surface area (Å²) in [5.41, 5.74) is 0.482. The lowest BCUT2D eigenvalue weighted by atomic mass is 10.3. The molecule has 100 valence electrons. The summed E-state index contributed by atoms with van der Waals surface area (Å²) < 4.78 is 12.9. The smallest absolute Gasteiger partial charge is 0.282 e. The van der Waals surface area contributed by atoms with Crippen molar-refractivity contribution < 1.29 is 9.47 Å². The number of hydrogen-bond donors (Lipinski definition) is 1. The Bertz CT molecular complexity index is 501. The zero-order chi connectivity index (χ0) is 13.3. The van der Waals surface area contributed by atoms with Crippen molar-refractivity contribution >= 4 is 21.6 Å². The maximum Gasteiger partial charge on any atom is 0.282 e. The SMILES string of the molecule is Cn1ncc(NCC2COC(C)(C)O2)c(Br)c1=O. The van der Waals surface area contributed by atoms with E-state index < -0.39 is 5.79 Å². The number of rotatable bonds is 3. The minimum atomic E-state index is -0.533. The van der Waals surface area contributed by atoms with E-state index in [-0.39, 0.29) is 11.7 Å². The van der Waals surface area contributed by atoms with Crippen molar-refractivity contribution in [2.75, 3.05) is 18.5 Å². The topological polar surface area (TPSA) is 65.4 Å². The van der Waals surface area contributed by atoms with Crippen LogP contribution in [0.3, 0.4) is 0 Å². The second kappa shape index (κ2) is 4.99. The zero-order valence-corrected chi connectivity index (χ0v) is 12.2. The fraction of sp³-hybridized carbons (Fsp3) is 0.636. The molecule has 1 aromatic heterocycles. The van der Waals surface area contributed by atoms with Crippen LogP contribution in [0.25, 0.3) is 0 Å². The molecule has 1 unspecified atom stereocenters. The normalized spacial score (nSPS) is 22.1. The van der Waals surface area contributed by atoms with Crippen LogP contribution in [0.2, 0.25) is 0 Å². The molecule has 2 heterocycles. The van der Waals surface area contributed by atoms with Gasteiger partial charge in [-0.1, -0.05) is 0 Å². The number of anilines is 1. The highest BCUT2D eigenvalue weighted by molar-refractivity contribution is 9.10. The van der Waals surface area contributed by atoms with Crippen molar-refractivity contribution in [1.29, 1.82) is 0 Å². The monoisotopic (exact) mass is 317 g/mol. The van der Waals surface area contributed by atoms with Crippen LogP contribution in [0.15, 0.2) is 15.5 Å². The van der Waals surface area contributed by atoms with E-state index in [9.17, 15) is 4.79 Å². The van der Waals surface area contributed by atoms with Crippen LogP contribution in [0.4, 0.5) is 5.69 Å². The van der Waals surface area contributed by atoms with Gasteiger partial charge in [-0.3, -0.25) is 4.79 Å². The fourth-order valence-corrected chi connectivity index (χ4v) is 2.22. The molecule has 2 rings (SSSR count). The van der Waals surface area contributed by atoms with Crippen molar-refractivity contribution in [3.8, 4) is 0 Å². The molecule has 1 fully saturated rings. The second-order valence-corrected chi connectivity index (χ2v) is 5.43. The first-order chi connectivity index (χ1) is 8.39. The second-order valence-electron chi connectivity index (χ2n) is 4.63. The average molecular weight is 318 g/mol. The molecule has 1 atom stereocenters. The Hall–Kier alpha value is -0.920. The van der Waals surface area contributed by atoms with Gasteiger partial charge in [-0.15, -0.1) is 0 Å². The average Bonchev–Trinajstić information content (AvgIpc) is 2.65. The number of aryl methyl sites for hydroxylation is 1. The molecular formula is C11H16BrN3O3. The van der Waals surface area contributed by atoms with E-state index in [2.05, 4.69) is 26.3 Å². The van der Waals surface area contributed by atoms with Gasteiger partial charge in [-0.05, 0) is 29.8 Å². The van der Waals surface area contributed by atoms with E-state index in [1.54, 1.807) is 13.2 Å². The van der Waals surface area contributed by atoms with Gasteiger partial charge in [0.1, 0.15) is 10.6 Å². The number of halogens is 1. The van der Waals surface area contributed by atoms with E-state index in [4.69, 9.17) is 9.47 Å². The molecule has 18 heavy (non-hydrogen) atoms. The van der Waals surface area contributed by atoms with Crippen molar-refractivity contribution in [2.24, 2.45) is 7.05 Å². The molecule has 1 aliphatic rings. The van der Waals surface area contributed by atoms with Gasteiger partial charge >= 0.3 is 0 Å². The van der Waals surface area contributed by atoms with Crippen LogP contribution in [-0.4, -0.2) is 34.8 Å². The molecule has 1 saturated heterocycles. The maximum absolute atomic E-state index is 11.6. The van der Waals surface area contributed by atoms with Gasteiger partial charge in [-0.2, -0.15) is 5.10 Å².